The van der Waals surface area contributed by atoms with Crippen molar-refractivity contribution < 1.29 is 24.2 Å². The van der Waals surface area contributed by atoms with Gasteiger partial charge in [0, 0.05) is 6.54 Å². The van der Waals surface area contributed by atoms with Crippen LogP contribution < -0.4 is 20.1 Å². The minimum atomic E-state index is -1.06. The van der Waals surface area contributed by atoms with Gasteiger partial charge in [0.15, 0.2) is 11.5 Å². The van der Waals surface area contributed by atoms with Gasteiger partial charge in [-0.15, -0.1) is 0 Å². The number of H-pyrrole nitrogens is 1. The topological polar surface area (TPSA) is 126 Å². The molecule has 126 valence electrons. The number of aromatic amines is 1. The normalized spacial score (nSPS) is 13.4. The molecule has 0 saturated carbocycles. The number of carbonyl (C=O) groups excluding carboxylic acids is 2. The largest absolute Gasteiger partial charge is 0.454 e. The van der Waals surface area contributed by atoms with Gasteiger partial charge in [-0.2, -0.15) is 0 Å². The molecule has 1 aliphatic heterocycles. The molecule has 1 unspecified atom stereocenters. The summed E-state index contributed by atoms with van der Waals surface area (Å²) in [5, 5.41) is 14.4. The Morgan fingerprint density at radius 3 is 2.92 bits per heavy atom. The molecular formula is C15H16N4O5. The second kappa shape index (κ2) is 7.01. The Bertz CT molecular complexity index is 731. The number of hydrogen-bond acceptors (Lipinski definition) is 6. The Balaban J connectivity index is 1.55. The third-order valence-electron chi connectivity index (χ3n) is 3.45. The van der Waals surface area contributed by atoms with E-state index in [1.165, 1.54) is 12.5 Å². The van der Waals surface area contributed by atoms with Crippen molar-refractivity contribution >= 4 is 11.8 Å². The molecule has 1 atom stereocenters. The molecule has 2 amide bonds. The van der Waals surface area contributed by atoms with E-state index in [2.05, 4.69) is 20.6 Å². The maximum Gasteiger partial charge on any atom is 0.270 e. The summed E-state index contributed by atoms with van der Waals surface area (Å²) in [6.07, 6.45) is 2.68. The maximum atomic E-state index is 12.1. The van der Waals surface area contributed by atoms with Crippen molar-refractivity contribution in [1.29, 1.82) is 0 Å². The highest BCUT2D eigenvalue weighted by Crippen LogP contribution is 2.32. The number of ether oxygens (including phenoxy) is 2. The molecule has 0 saturated heterocycles. The summed E-state index contributed by atoms with van der Waals surface area (Å²) in [5.74, 6) is 0.256. The SMILES string of the molecule is O=C(NC(CO)C(=O)NCc1ccc2c(c1)OCO2)c1cnc[nH]1. The molecule has 2 aromatic rings. The minimum absolute atomic E-state index is 0.178. The Morgan fingerprint density at radius 2 is 2.17 bits per heavy atom. The summed E-state index contributed by atoms with van der Waals surface area (Å²) in [4.78, 5) is 30.3. The molecule has 9 heteroatoms. The third kappa shape index (κ3) is 3.46. The Morgan fingerprint density at radius 1 is 1.33 bits per heavy atom. The van der Waals surface area contributed by atoms with Gasteiger partial charge in [-0.05, 0) is 17.7 Å². The van der Waals surface area contributed by atoms with Crippen LogP contribution in [0, 0.1) is 0 Å². The first-order valence-electron chi connectivity index (χ1n) is 7.23. The molecular weight excluding hydrogens is 316 g/mol. The number of carbonyl (C=O) groups is 2. The number of aliphatic hydroxyl groups is 1. The van der Waals surface area contributed by atoms with Crippen LogP contribution in [0.5, 0.6) is 11.5 Å². The lowest BCUT2D eigenvalue weighted by molar-refractivity contribution is -0.124. The number of rotatable bonds is 6. The van der Waals surface area contributed by atoms with E-state index < -0.39 is 24.5 Å². The van der Waals surface area contributed by atoms with Gasteiger partial charge in [0.2, 0.25) is 12.7 Å². The van der Waals surface area contributed by atoms with Gasteiger partial charge in [0.05, 0.1) is 19.1 Å². The number of benzene rings is 1. The van der Waals surface area contributed by atoms with E-state index in [4.69, 9.17) is 9.47 Å². The van der Waals surface area contributed by atoms with Crippen molar-refractivity contribution in [3.8, 4) is 11.5 Å². The molecule has 24 heavy (non-hydrogen) atoms. The first-order valence-corrected chi connectivity index (χ1v) is 7.23. The quantitative estimate of drug-likeness (QED) is 0.567. The number of hydrogen-bond donors (Lipinski definition) is 4. The monoisotopic (exact) mass is 332 g/mol. The van der Waals surface area contributed by atoms with Crippen LogP contribution in [0.25, 0.3) is 0 Å². The minimum Gasteiger partial charge on any atom is -0.454 e. The zero-order chi connectivity index (χ0) is 16.9. The average Bonchev–Trinajstić information content (AvgIpc) is 3.27. The van der Waals surface area contributed by atoms with Crippen molar-refractivity contribution in [1.82, 2.24) is 20.6 Å². The van der Waals surface area contributed by atoms with Gasteiger partial charge in [-0.25, -0.2) is 4.98 Å². The highest BCUT2D eigenvalue weighted by molar-refractivity contribution is 5.95. The lowest BCUT2D eigenvalue weighted by atomic mass is 10.2. The van der Waals surface area contributed by atoms with Crippen molar-refractivity contribution in [2.24, 2.45) is 0 Å². The van der Waals surface area contributed by atoms with Crippen LogP contribution in [0.15, 0.2) is 30.7 Å². The van der Waals surface area contributed by atoms with Crippen LogP contribution in [0.2, 0.25) is 0 Å². The van der Waals surface area contributed by atoms with Crippen LogP contribution in [-0.2, 0) is 11.3 Å². The van der Waals surface area contributed by atoms with E-state index in [0.29, 0.717) is 11.5 Å². The predicted octanol–water partition coefficient (Wildman–Crippen LogP) is -0.454. The van der Waals surface area contributed by atoms with Gasteiger partial charge in [-0.1, -0.05) is 6.07 Å². The van der Waals surface area contributed by atoms with Crippen molar-refractivity contribution in [3.05, 3.63) is 42.0 Å². The van der Waals surface area contributed by atoms with E-state index in [-0.39, 0.29) is 19.0 Å². The number of fused-ring (bicyclic) bond motifs is 1. The average molecular weight is 332 g/mol. The lowest BCUT2D eigenvalue weighted by Gasteiger charge is -2.15. The highest BCUT2D eigenvalue weighted by Gasteiger charge is 2.21. The maximum absolute atomic E-state index is 12.1. The van der Waals surface area contributed by atoms with Crippen LogP contribution in [0.3, 0.4) is 0 Å². The summed E-state index contributed by atoms with van der Waals surface area (Å²) < 4.78 is 10.5. The fraction of sp³-hybridized carbons (Fsp3) is 0.267. The molecule has 0 radical (unpaired) electrons. The number of imidazole rings is 1. The van der Waals surface area contributed by atoms with Crippen molar-refractivity contribution in [2.45, 2.75) is 12.6 Å². The molecule has 0 fully saturated rings. The molecule has 4 N–H and O–H groups in total. The van der Waals surface area contributed by atoms with Gasteiger partial charge >= 0.3 is 0 Å². The molecule has 1 aromatic carbocycles. The first kappa shape index (κ1) is 15.8. The Labute approximate surface area is 137 Å². The summed E-state index contributed by atoms with van der Waals surface area (Å²) >= 11 is 0. The number of nitrogens with one attached hydrogen (secondary N) is 3. The number of amides is 2. The second-order valence-corrected chi connectivity index (χ2v) is 5.08. The molecule has 2 heterocycles. The Hall–Kier alpha value is -3.07. The van der Waals surface area contributed by atoms with E-state index >= 15 is 0 Å². The second-order valence-electron chi connectivity index (χ2n) is 5.08. The fourth-order valence-corrected chi connectivity index (χ4v) is 2.17. The smallest absolute Gasteiger partial charge is 0.270 e. The number of nitrogens with zero attached hydrogens (tertiary/aromatic N) is 1. The predicted molar refractivity (Wildman–Crippen MR) is 81.3 cm³/mol. The van der Waals surface area contributed by atoms with E-state index in [9.17, 15) is 14.7 Å². The molecule has 0 aliphatic carbocycles. The van der Waals surface area contributed by atoms with Gasteiger partial charge in [-0.3, -0.25) is 9.59 Å². The molecule has 1 aliphatic rings. The zero-order valence-electron chi connectivity index (χ0n) is 12.6. The summed E-state index contributed by atoms with van der Waals surface area (Å²) in [6.45, 7) is -0.115. The molecule has 9 nitrogen and oxygen atoms in total. The van der Waals surface area contributed by atoms with E-state index in [1.54, 1.807) is 18.2 Å². The van der Waals surface area contributed by atoms with Crippen LogP contribution in [-0.4, -0.2) is 46.3 Å². The fourth-order valence-electron chi connectivity index (χ4n) is 2.17. The standard InChI is InChI=1S/C15H16N4O5/c20-6-11(19-15(22)10-5-16-7-18-10)14(21)17-4-9-1-2-12-13(3-9)24-8-23-12/h1-3,5,7,11,20H,4,6,8H2,(H,16,18)(H,17,21)(H,19,22). The highest BCUT2D eigenvalue weighted by atomic mass is 16.7. The lowest BCUT2D eigenvalue weighted by Crippen LogP contribution is -2.48. The summed E-state index contributed by atoms with van der Waals surface area (Å²) in [6, 6.07) is 4.26. The molecule has 3 rings (SSSR count). The van der Waals surface area contributed by atoms with Gasteiger partial charge < -0.3 is 30.2 Å². The van der Waals surface area contributed by atoms with Crippen LogP contribution in [0.4, 0.5) is 0 Å². The Kier molecular flexibility index (Phi) is 4.62. The van der Waals surface area contributed by atoms with Crippen LogP contribution >= 0.6 is 0 Å². The summed E-state index contributed by atoms with van der Waals surface area (Å²) in [5.41, 5.74) is 1.02. The van der Waals surface area contributed by atoms with Crippen molar-refractivity contribution in [2.75, 3.05) is 13.4 Å². The van der Waals surface area contributed by atoms with Gasteiger partial charge in [0.25, 0.3) is 5.91 Å². The van der Waals surface area contributed by atoms with E-state index in [0.717, 1.165) is 5.56 Å². The molecule has 0 spiro atoms. The first-order chi connectivity index (χ1) is 11.7. The van der Waals surface area contributed by atoms with Crippen molar-refractivity contribution in [3.63, 3.8) is 0 Å². The summed E-state index contributed by atoms with van der Waals surface area (Å²) in [7, 11) is 0. The molecule has 1 aromatic heterocycles. The van der Waals surface area contributed by atoms with Crippen LogP contribution in [0.1, 0.15) is 16.1 Å². The zero-order valence-corrected chi connectivity index (χ0v) is 12.6. The van der Waals surface area contributed by atoms with Gasteiger partial charge in [0.1, 0.15) is 11.7 Å². The third-order valence-corrected chi connectivity index (χ3v) is 3.45. The number of aromatic nitrogens is 2. The number of aliphatic hydroxyl groups excluding tert-OH is 1. The molecule has 0 bridgehead atoms. The van der Waals surface area contributed by atoms with E-state index in [1.807, 2.05) is 0 Å².